The molecule has 0 radical (unpaired) electrons. The summed E-state index contributed by atoms with van der Waals surface area (Å²) in [5.41, 5.74) is 4.47. The van der Waals surface area contributed by atoms with E-state index in [0.717, 1.165) is 21.7 Å². The maximum absolute atomic E-state index is 11.5. The van der Waals surface area contributed by atoms with Crippen LogP contribution in [0.1, 0.15) is 29.9 Å². The van der Waals surface area contributed by atoms with Crippen LogP contribution >= 0.6 is 11.3 Å². The molecule has 5 rings (SSSR count). The SMILES string of the molecule is O=C1OCCN1Cc1ccc(-c2cc3nccc(C4CC4)c3s2)nc1. The maximum atomic E-state index is 11.5. The summed E-state index contributed by atoms with van der Waals surface area (Å²) >= 11 is 1.77. The molecule has 1 saturated carbocycles. The summed E-state index contributed by atoms with van der Waals surface area (Å²) in [5, 5.41) is 0. The first kappa shape index (κ1) is 14.8. The van der Waals surface area contributed by atoms with Crippen LogP contribution in [0.15, 0.2) is 36.7 Å². The fourth-order valence-electron chi connectivity index (χ4n) is 3.25. The first-order valence-electron chi connectivity index (χ1n) is 8.53. The topological polar surface area (TPSA) is 55.3 Å². The van der Waals surface area contributed by atoms with Gasteiger partial charge in [0.1, 0.15) is 6.61 Å². The molecule has 5 nitrogen and oxygen atoms in total. The summed E-state index contributed by atoms with van der Waals surface area (Å²) in [6.45, 7) is 1.67. The Hall–Kier alpha value is -2.47. The van der Waals surface area contributed by atoms with Crippen molar-refractivity contribution in [3.05, 3.63) is 47.8 Å². The van der Waals surface area contributed by atoms with Gasteiger partial charge in [0.05, 0.1) is 33.9 Å². The Bertz CT molecular complexity index is 947. The van der Waals surface area contributed by atoms with Crippen molar-refractivity contribution >= 4 is 27.6 Å². The molecule has 3 aromatic heterocycles. The van der Waals surface area contributed by atoms with Crippen LogP contribution in [-0.2, 0) is 11.3 Å². The molecule has 1 aliphatic heterocycles. The van der Waals surface area contributed by atoms with Gasteiger partial charge in [-0.05, 0) is 48.1 Å². The molecule has 0 bridgehead atoms. The average molecular weight is 351 g/mol. The summed E-state index contributed by atoms with van der Waals surface area (Å²) < 4.78 is 6.26. The zero-order chi connectivity index (χ0) is 16.8. The molecule has 6 heteroatoms. The predicted octanol–water partition coefficient (Wildman–Crippen LogP) is 4.19. The molecular weight excluding hydrogens is 334 g/mol. The van der Waals surface area contributed by atoms with Crippen molar-refractivity contribution in [1.29, 1.82) is 0 Å². The van der Waals surface area contributed by atoms with Crippen molar-refractivity contribution in [1.82, 2.24) is 14.9 Å². The van der Waals surface area contributed by atoms with E-state index in [4.69, 9.17) is 4.74 Å². The standard InChI is InChI=1S/C19H17N3O2S/c23-19-22(7-8-24-19)11-12-1-4-15(21-10-12)17-9-16-18(25-17)14(5-6-20-16)13-2-3-13/h1,4-6,9-10,13H,2-3,7-8,11H2. The van der Waals surface area contributed by atoms with Crippen LogP contribution in [0.25, 0.3) is 20.8 Å². The predicted molar refractivity (Wildman–Crippen MR) is 96.6 cm³/mol. The molecule has 126 valence electrons. The lowest BCUT2D eigenvalue weighted by Crippen LogP contribution is -2.23. The van der Waals surface area contributed by atoms with Crippen molar-refractivity contribution < 1.29 is 9.53 Å². The minimum atomic E-state index is -0.243. The largest absolute Gasteiger partial charge is 0.448 e. The molecule has 2 fully saturated rings. The number of carbonyl (C=O) groups is 1. The monoisotopic (exact) mass is 351 g/mol. The minimum absolute atomic E-state index is 0.243. The van der Waals surface area contributed by atoms with Crippen molar-refractivity contribution in [3.63, 3.8) is 0 Å². The summed E-state index contributed by atoms with van der Waals surface area (Å²) in [5.74, 6) is 0.715. The highest BCUT2D eigenvalue weighted by Gasteiger charge is 2.26. The lowest BCUT2D eigenvalue weighted by molar-refractivity contribution is 0.157. The third kappa shape index (κ3) is 2.76. The number of carbonyl (C=O) groups excluding carboxylic acids is 1. The highest BCUT2D eigenvalue weighted by Crippen LogP contribution is 2.45. The number of amides is 1. The second kappa shape index (κ2) is 5.81. The van der Waals surface area contributed by atoms with E-state index >= 15 is 0 Å². The molecule has 0 aromatic carbocycles. The number of aromatic nitrogens is 2. The molecule has 0 unspecified atom stereocenters. The molecule has 1 saturated heterocycles. The van der Waals surface area contributed by atoms with Crippen molar-refractivity contribution in [2.75, 3.05) is 13.2 Å². The highest BCUT2D eigenvalue weighted by molar-refractivity contribution is 7.22. The van der Waals surface area contributed by atoms with Crippen LogP contribution in [0.5, 0.6) is 0 Å². The Balaban J connectivity index is 1.42. The Morgan fingerprint density at radius 2 is 2.16 bits per heavy atom. The molecule has 1 aliphatic carbocycles. The van der Waals surface area contributed by atoms with Crippen LogP contribution in [-0.4, -0.2) is 34.1 Å². The van der Waals surface area contributed by atoms with Gasteiger partial charge in [0.25, 0.3) is 0 Å². The van der Waals surface area contributed by atoms with Crippen molar-refractivity contribution in [3.8, 4) is 10.6 Å². The number of rotatable bonds is 4. The number of nitrogens with zero attached hydrogens (tertiary/aromatic N) is 3. The van der Waals surface area contributed by atoms with E-state index < -0.39 is 0 Å². The van der Waals surface area contributed by atoms with Gasteiger partial charge in [0.2, 0.25) is 0 Å². The van der Waals surface area contributed by atoms with Gasteiger partial charge >= 0.3 is 6.09 Å². The van der Waals surface area contributed by atoms with Gasteiger partial charge in [0.15, 0.2) is 0 Å². The van der Waals surface area contributed by atoms with E-state index in [9.17, 15) is 4.79 Å². The molecule has 25 heavy (non-hydrogen) atoms. The number of hydrogen-bond donors (Lipinski definition) is 0. The summed E-state index contributed by atoms with van der Waals surface area (Å²) in [4.78, 5) is 23.5. The molecule has 1 amide bonds. The normalized spacial score (nSPS) is 17.3. The van der Waals surface area contributed by atoms with E-state index in [1.807, 2.05) is 24.5 Å². The molecule has 4 heterocycles. The number of thiophene rings is 1. The molecule has 3 aromatic rings. The van der Waals surface area contributed by atoms with E-state index in [0.29, 0.717) is 25.6 Å². The lowest BCUT2D eigenvalue weighted by Gasteiger charge is -2.12. The second-order valence-corrected chi connectivity index (χ2v) is 7.64. The third-order valence-corrected chi connectivity index (χ3v) is 5.95. The number of hydrogen-bond acceptors (Lipinski definition) is 5. The van der Waals surface area contributed by atoms with Gasteiger partial charge in [-0.25, -0.2) is 4.79 Å². The van der Waals surface area contributed by atoms with Crippen LogP contribution in [0.4, 0.5) is 4.79 Å². The fraction of sp³-hybridized carbons (Fsp3) is 0.316. The van der Waals surface area contributed by atoms with E-state index in [2.05, 4.69) is 22.1 Å². The first-order chi connectivity index (χ1) is 12.3. The molecule has 0 atom stereocenters. The van der Waals surface area contributed by atoms with Gasteiger partial charge in [0, 0.05) is 12.4 Å². The number of fused-ring (bicyclic) bond motifs is 1. The van der Waals surface area contributed by atoms with E-state index in [1.54, 1.807) is 16.2 Å². The number of ether oxygens (including phenoxy) is 1. The van der Waals surface area contributed by atoms with E-state index in [1.165, 1.54) is 23.1 Å². The Kier molecular flexibility index (Phi) is 3.45. The summed E-state index contributed by atoms with van der Waals surface area (Å²) in [7, 11) is 0. The summed E-state index contributed by atoms with van der Waals surface area (Å²) in [6.07, 6.45) is 6.10. The fourth-order valence-corrected chi connectivity index (χ4v) is 4.44. The van der Waals surface area contributed by atoms with Crippen molar-refractivity contribution in [2.45, 2.75) is 25.3 Å². The molecular formula is C19H17N3O2S. The van der Waals surface area contributed by atoms with Gasteiger partial charge in [-0.1, -0.05) is 6.07 Å². The minimum Gasteiger partial charge on any atom is -0.448 e. The number of pyridine rings is 2. The number of cyclic esters (lactones) is 1. The van der Waals surface area contributed by atoms with Crippen LogP contribution in [0, 0.1) is 0 Å². The second-order valence-electron chi connectivity index (χ2n) is 6.59. The van der Waals surface area contributed by atoms with Crippen LogP contribution < -0.4 is 0 Å². The molecule has 0 N–H and O–H groups in total. The quantitative estimate of drug-likeness (QED) is 0.707. The maximum Gasteiger partial charge on any atom is 0.410 e. The van der Waals surface area contributed by atoms with Gasteiger partial charge in [-0.15, -0.1) is 11.3 Å². The lowest BCUT2D eigenvalue weighted by atomic mass is 10.1. The smallest absolute Gasteiger partial charge is 0.410 e. The zero-order valence-corrected chi connectivity index (χ0v) is 14.5. The molecule has 2 aliphatic rings. The first-order valence-corrected chi connectivity index (χ1v) is 9.35. The van der Waals surface area contributed by atoms with E-state index in [-0.39, 0.29) is 6.09 Å². The Morgan fingerprint density at radius 3 is 2.88 bits per heavy atom. The summed E-state index contributed by atoms with van der Waals surface area (Å²) in [6, 6.07) is 8.35. The van der Waals surface area contributed by atoms with Crippen LogP contribution in [0.2, 0.25) is 0 Å². The zero-order valence-electron chi connectivity index (χ0n) is 13.6. The Labute approximate surface area is 149 Å². The van der Waals surface area contributed by atoms with Crippen molar-refractivity contribution in [2.24, 2.45) is 0 Å². The van der Waals surface area contributed by atoms with Gasteiger partial charge < -0.3 is 9.64 Å². The molecule has 0 spiro atoms. The average Bonchev–Trinajstić information content (AvgIpc) is 3.26. The van der Waals surface area contributed by atoms with Gasteiger partial charge in [-0.2, -0.15) is 0 Å². The third-order valence-electron chi connectivity index (χ3n) is 4.76. The highest BCUT2D eigenvalue weighted by atomic mass is 32.1. The van der Waals surface area contributed by atoms with Crippen LogP contribution in [0.3, 0.4) is 0 Å². The van der Waals surface area contributed by atoms with Gasteiger partial charge in [-0.3, -0.25) is 9.97 Å². The Morgan fingerprint density at radius 1 is 1.24 bits per heavy atom.